The SMILES string of the molecule is [2H]C(C)(C)c1cc(-n2c(-c3ccccc3O)nc3c(-c4cc(-c5cc(-c6ccc(C)cc6)ccn5)cc(C(C)(C)C)c4)cccc32)ccc1-c1ccccc1. The lowest BCUT2D eigenvalue weighted by Crippen LogP contribution is -2.11. The summed E-state index contributed by atoms with van der Waals surface area (Å²) in [6.45, 7) is 12.7. The maximum atomic E-state index is 11.2. The molecule has 6 aromatic carbocycles. The van der Waals surface area contributed by atoms with Gasteiger partial charge in [0.2, 0.25) is 0 Å². The first-order valence-electron chi connectivity index (χ1n) is 19.0. The van der Waals surface area contributed by atoms with Crippen molar-refractivity contribution in [2.75, 3.05) is 0 Å². The number of rotatable bonds is 7. The molecule has 0 aliphatic rings. The van der Waals surface area contributed by atoms with Crippen LogP contribution in [0.4, 0.5) is 0 Å². The summed E-state index contributed by atoms with van der Waals surface area (Å²) >= 11 is 0. The van der Waals surface area contributed by atoms with Gasteiger partial charge >= 0.3 is 0 Å². The van der Waals surface area contributed by atoms with Gasteiger partial charge in [-0.1, -0.05) is 131 Å². The molecule has 0 radical (unpaired) electrons. The molecule has 0 aliphatic carbocycles. The number of fused-ring (bicyclic) bond motifs is 1. The minimum atomic E-state index is -0.883. The summed E-state index contributed by atoms with van der Waals surface area (Å²) in [5.74, 6) is -0.104. The number of hydrogen-bond acceptors (Lipinski definition) is 3. The van der Waals surface area contributed by atoms with Gasteiger partial charge in [0.05, 0.1) is 22.3 Å². The molecule has 2 aromatic heterocycles. The Morgan fingerprint density at radius 3 is 2.09 bits per heavy atom. The van der Waals surface area contributed by atoms with E-state index < -0.39 is 5.89 Å². The van der Waals surface area contributed by atoms with E-state index in [1.54, 1.807) is 6.07 Å². The lowest BCUT2D eigenvalue weighted by molar-refractivity contribution is 0.477. The van der Waals surface area contributed by atoms with Crippen LogP contribution in [0.15, 0.2) is 152 Å². The van der Waals surface area contributed by atoms with Crippen LogP contribution in [0.2, 0.25) is 0 Å². The van der Waals surface area contributed by atoms with Crippen LogP contribution in [0, 0.1) is 6.92 Å². The van der Waals surface area contributed by atoms with E-state index >= 15 is 0 Å². The van der Waals surface area contributed by atoms with E-state index in [2.05, 4.69) is 135 Å². The largest absolute Gasteiger partial charge is 0.507 e. The fraction of sp³-hybridized carbons (Fsp3) is 0.160. The first-order valence-corrected chi connectivity index (χ1v) is 18.5. The molecule has 0 bridgehead atoms. The Morgan fingerprint density at radius 1 is 0.630 bits per heavy atom. The maximum absolute atomic E-state index is 11.2. The number of hydrogen-bond donors (Lipinski definition) is 1. The van der Waals surface area contributed by atoms with E-state index in [4.69, 9.17) is 9.97 Å². The van der Waals surface area contributed by atoms with E-state index in [-0.39, 0.29) is 11.2 Å². The smallest absolute Gasteiger partial charge is 0.149 e. The van der Waals surface area contributed by atoms with Crippen LogP contribution < -0.4 is 0 Å². The first-order chi connectivity index (χ1) is 26.3. The highest BCUT2D eigenvalue weighted by Crippen LogP contribution is 2.41. The zero-order chi connectivity index (χ0) is 38.5. The maximum Gasteiger partial charge on any atom is 0.149 e. The third-order valence-electron chi connectivity index (χ3n) is 10.3. The number of imidazole rings is 1. The standard InChI is InChI=1S/C50H45N3O/c1-32(2)44-31-40(23-24-41(44)35-13-8-7-9-14-35)53-46-17-12-16-42(48(46)52-49(53)43-15-10-11-18-47(43)54)37-27-38(29-39(28-37)50(4,5)6)45-30-36(25-26-51-45)34-21-19-33(3)20-22-34/h7-32,54H,1-6H3/i32D. The molecule has 266 valence electrons. The van der Waals surface area contributed by atoms with Gasteiger partial charge in [-0.15, -0.1) is 0 Å². The minimum Gasteiger partial charge on any atom is -0.507 e. The van der Waals surface area contributed by atoms with Crippen molar-refractivity contribution in [3.8, 4) is 67.5 Å². The fourth-order valence-corrected chi connectivity index (χ4v) is 7.27. The number of phenolic OH excluding ortho intramolecular Hbond substituents is 1. The molecular weight excluding hydrogens is 659 g/mol. The monoisotopic (exact) mass is 704 g/mol. The van der Waals surface area contributed by atoms with E-state index in [9.17, 15) is 6.48 Å². The first kappa shape index (κ1) is 33.6. The summed E-state index contributed by atoms with van der Waals surface area (Å²) in [7, 11) is 0. The fourth-order valence-electron chi connectivity index (χ4n) is 7.27. The van der Waals surface area contributed by atoms with Gasteiger partial charge in [0.1, 0.15) is 11.6 Å². The lowest BCUT2D eigenvalue weighted by atomic mass is 9.83. The molecule has 0 spiro atoms. The van der Waals surface area contributed by atoms with Crippen LogP contribution in [0.1, 0.15) is 58.6 Å². The topological polar surface area (TPSA) is 50.9 Å². The van der Waals surface area contributed by atoms with Crippen LogP contribution in [-0.4, -0.2) is 19.6 Å². The molecule has 1 N–H and O–H groups in total. The van der Waals surface area contributed by atoms with Gasteiger partial charge in [-0.05, 0) is 112 Å². The number of aryl methyl sites for hydroxylation is 1. The second-order valence-corrected chi connectivity index (χ2v) is 15.4. The summed E-state index contributed by atoms with van der Waals surface area (Å²) in [5, 5.41) is 11.2. The summed E-state index contributed by atoms with van der Waals surface area (Å²) in [4.78, 5) is 10.2. The number of benzene rings is 6. The van der Waals surface area contributed by atoms with Crippen molar-refractivity contribution in [1.82, 2.24) is 14.5 Å². The number of nitrogens with zero attached hydrogens (tertiary/aromatic N) is 3. The summed E-state index contributed by atoms with van der Waals surface area (Å²) in [6.07, 6.45) is 1.89. The Bertz CT molecular complexity index is 2680. The molecular formula is C50H45N3O. The number of aromatic hydroxyl groups is 1. The quantitative estimate of drug-likeness (QED) is 0.180. The van der Waals surface area contributed by atoms with Gasteiger partial charge in [-0.25, -0.2) is 4.98 Å². The Kier molecular flexibility index (Phi) is 8.67. The lowest BCUT2D eigenvalue weighted by Gasteiger charge is -2.22. The molecule has 4 nitrogen and oxygen atoms in total. The molecule has 0 saturated carbocycles. The van der Waals surface area contributed by atoms with Crippen molar-refractivity contribution in [3.05, 3.63) is 168 Å². The van der Waals surface area contributed by atoms with Crippen LogP contribution in [0.25, 0.3) is 72.7 Å². The molecule has 54 heavy (non-hydrogen) atoms. The van der Waals surface area contributed by atoms with E-state index in [0.29, 0.717) is 11.4 Å². The highest BCUT2D eigenvalue weighted by Gasteiger charge is 2.23. The van der Waals surface area contributed by atoms with E-state index in [1.165, 1.54) is 11.1 Å². The van der Waals surface area contributed by atoms with Gasteiger partial charge < -0.3 is 5.11 Å². The van der Waals surface area contributed by atoms with Crippen LogP contribution in [0.3, 0.4) is 0 Å². The van der Waals surface area contributed by atoms with Gasteiger partial charge in [0, 0.05) is 24.4 Å². The second kappa shape index (κ2) is 13.9. The molecule has 8 rings (SSSR count). The molecule has 4 heteroatoms. The van der Waals surface area contributed by atoms with Crippen molar-refractivity contribution >= 4 is 11.0 Å². The molecule has 0 amide bonds. The van der Waals surface area contributed by atoms with Crippen LogP contribution >= 0.6 is 0 Å². The molecule has 0 saturated heterocycles. The van der Waals surface area contributed by atoms with Crippen LogP contribution in [0.5, 0.6) is 5.75 Å². The predicted octanol–water partition coefficient (Wildman–Crippen LogP) is 13.2. The van der Waals surface area contributed by atoms with Crippen LogP contribution in [-0.2, 0) is 5.41 Å². The Balaban J connectivity index is 1.36. The minimum absolute atomic E-state index is 0.131. The molecule has 0 unspecified atom stereocenters. The zero-order valence-corrected chi connectivity index (χ0v) is 31.7. The summed E-state index contributed by atoms with van der Waals surface area (Å²) < 4.78 is 11.3. The van der Waals surface area contributed by atoms with Crippen molar-refractivity contribution < 1.29 is 6.48 Å². The normalized spacial score (nSPS) is 12.2. The Labute approximate surface area is 319 Å². The van der Waals surface area contributed by atoms with Gasteiger partial charge in [-0.2, -0.15) is 0 Å². The van der Waals surface area contributed by atoms with Crippen molar-refractivity contribution in [2.45, 2.75) is 52.9 Å². The Morgan fingerprint density at radius 2 is 1.35 bits per heavy atom. The molecule has 0 atom stereocenters. The summed E-state index contributed by atoms with van der Waals surface area (Å²) in [6, 6.07) is 49.8. The highest BCUT2D eigenvalue weighted by atomic mass is 16.3. The van der Waals surface area contributed by atoms with E-state index in [1.807, 2.05) is 56.4 Å². The van der Waals surface area contributed by atoms with Crippen molar-refractivity contribution in [1.29, 1.82) is 0 Å². The van der Waals surface area contributed by atoms with Crippen molar-refractivity contribution in [2.24, 2.45) is 0 Å². The molecule has 2 heterocycles. The number of aromatic nitrogens is 3. The van der Waals surface area contributed by atoms with E-state index in [0.717, 1.165) is 66.9 Å². The average molecular weight is 705 g/mol. The van der Waals surface area contributed by atoms with Gasteiger partial charge in [0.15, 0.2) is 0 Å². The average Bonchev–Trinajstić information content (AvgIpc) is 3.57. The second-order valence-electron chi connectivity index (χ2n) is 15.4. The number of phenols is 1. The van der Waals surface area contributed by atoms with Gasteiger partial charge in [0.25, 0.3) is 0 Å². The van der Waals surface area contributed by atoms with Gasteiger partial charge in [-0.3, -0.25) is 9.55 Å². The molecule has 0 aliphatic heterocycles. The number of pyridine rings is 1. The van der Waals surface area contributed by atoms with Crippen molar-refractivity contribution in [3.63, 3.8) is 0 Å². The molecule has 0 fully saturated rings. The summed E-state index contributed by atoms with van der Waals surface area (Å²) in [5.41, 5.74) is 14.7. The number of para-hydroxylation sites is 2. The predicted molar refractivity (Wildman–Crippen MR) is 225 cm³/mol. The Hall–Kier alpha value is -6.26. The highest BCUT2D eigenvalue weighted by molar-refractivity contribution is 5.97. The zero-order valence-electron chi connectivity index (χ0n) is 32.7. The molecule has 8 aromatic rings. The third kappa shape index (κ3) is 6.60. The third-order valence-corrected chi connectivity index (χ3v) is 10.3.